The van der Waals surface area contributed by atoms with E-state index < -0.39 is 5.91 Å². The van der Waals surface area contributed by atoms with Gasteiger partial charge in [-0.3, -0.25) is 9.59 Å². The zero-order valence-corrected chi connectivity index (χ0v) is 16.0. The van der Waals surface area contributed by atoms with Gasteiger partial charge in [-0.15, -0.1) is 0 Å². The number of primary amides is 1. The number of hydrogen-bond donors (Lipinski definition) is 2. The van der Waals surface area contributed by atoms with Gasteiger partial charge in [-0.1, -0.05) is 30.3 Å². The number of nitrogens with one attached hydrogen (secondary N) is 1. The fourth-order valence-electron chi connectivity index (χ4n) is 3.32. The minimum absolute atomic E-state index is 0.0506. The fourth-order valence-corrected chi connectivity index (χ4v) is 3.32. The SMILES string of the molecule is NC(=O)c1cccc(CCNCc2ccccc2OCC(=O)N2CCCC2)c1. The van der Waals surface area contributed by atoms with E-state index in [0.717, 1.165) is 55.8 Å². The first-order valence-electron chi connectivity index (χ1n) is 9.71. The van der Waals surface area contributed by atoms with Gasteiger partial charge in [0.25, 0.3) is 5.91 Å². The summed E-state index contributed by atoms with van der Waals surface area (Å²) in [4.78, 5) is 25.3. The van der Waals surface area contributed by atoms with E-state index in [0.29, 0.717) is 12.1 Å². The number of rotatable bonds is 9. The van der Waals surface area contributed by atoms with Crippen molar-refractivity contribution < 1.29 is 14.3 Å². The van der Waals surface area contributed by atoms with Crippen LogP contribution in [0.4, 0.5) is 0 Å². The Morgan fingerprint density at radius 2 is 1.86 bits per heavy atom. The molecule has 1 fully saturated rings. The molecule has 0 bridgehead atoms. The maximum Gasteiger partial charge on any atom is 0.260 e. The zero-order valence-electron chi connectivity index (χ0n) is 16.0. The van der Waals surface area contributed by atoms with Crippen LogP contribution in [0.1, 0.15) is 34.3 Å². The quantitative estimate of drug-likeness (QED) is 0.652. The molecule has 0 atom stereocenters. The molecule has 1 aliphatic heterocycles. The van der Waals surface area contributed by atoms with E-state index in [1.807, 2.05) is 47.4 Å². The van der Waals surface area contributed by atoms with Crippen molar-refractivity contribution in [3.63, 3.8) is 0 Å². The summed E-state index contributed by atoms with van der Waals surface area (Å²) in [6.07, 6.45) is 2.95. The van der Waals surface area contributed by atoms with Gasteiger partial charge in [0.15, 0.2) is 6.61 Å². The summed E-state index contributed by atoms with van der Waals surface area (Å²) >= 11 is 0. The maximum absolute atomic E-state index is 12.2. The molecule has 148 valence electrons. The molecule has 6 heteroatoms. The number of nitrogens with zero attached hydrogens (tertiary/aromatic N) is 1. The van der Waals surface area contributed by atoms with Crippen LogP contribution < -0.4 is 15.8 Å². The molecule has 2 aromatic carbocycles. The summed E-state index contributed by atoms with van der Waals surface area (Å²) in [5.74, 6) is 0.372. The molecule has 2 aromatic rings. The predicted octanol–water partition coefficient (Wildman–Crippen LogP) is 2.12. The van der Waals surface area contributed by atoms with Gasteiger partial charge in [0.1, 0.15) is 5.75 Å². The summed E-state index contributed by atoms with van der Waals surface area (Å²) in [6, 6.07) is 15.1. The average molecular weight is 381 g/mol. The van der Waals surface area contributed by atoms with Gasteiger partial charge < -0.3 is 20.7 Å². The Kier molecular flexibility index (Phi) is 7.03. The van der Waals surface area contributed by atoms with Crippen molar-refractivity contribution in [3.8, 4) is 5.75 Å². The molecule has 0 spiro atoms. The van der Waals surface area contributed by atoms with Crippen LogP contribution in [0.5, 0.6) is 5.75 Å². The van der Waals surface area contributed by atoms with Crippen molar-refractivity contribution in [2.24, 2.45) is 5.73 Å². The maximum atomic E-state index is 12.2. The molecule has 28 heavy (non-hydrogen) atoms. The number of carbonyl (C=O) groups excluding carboxylic acids is 2. The lowest BCUT2D eigenvalue weighted by atomic mass is 10.1. The number of nitrogens with two attached hydrogens (primary N) is 1. The molecule has 3 N–H and O–H groups in total. The van der Waals surface area contributed by atoms with Crippen LogP contribution in [0.15, 0.2) is 48.5 Å². The minimum atomic E-state index is -0.413. The molecule has 6 nitrogen and oxygen atoms in total. The molecule has 3 rings (SSSR count). The van der Waals surface area contributed by atoms with Gasteiger partial charge in [-0.2, -0.15) is 0 Å². The second-order valence-electron chi connectivity index (χ2n) is 6.98. The van der Waals surface area contributed by atoms with Crippen molar-refractivity contribution in [1.82, 2.24) is 10.2 Å². The Morgan fingerprint density at radius 1 is 1.07 bits per heavy atom. The molecular formula is C22H27N3O3. The molecule has 2 amide bonds. The second-order valence-corrected chi connectivity index (χ2v) is 6.98. The third-order valence-corrected chi connectivity index (χ3v) is 4.90. The Balaban J connectivity index is 1.47. The normalized spacial score (nSPS) is 13.5. The molecule has 1 heterocycles. The van der Waals surface area contributed by atoms with Gasteiger partial charge in [0, 0.05) is 30.8 Å². The highest BCUT2D eigenvalue weighted by molar-refractivity contribution is 5.92. The fraction of sp³-hybridized carbons (Fsp3) is 0.364. The topological polar surface area (TPSA) is 84.7 Å². The highest BCUT2D eigenvalue weighted by atomic mass is 16.5. The Labute approximate surface area is 165 Å². The molecule has 1 aliphatic rings. The van der Waals surface area contributed by atoms with E-state index in [1.165, 1.54) is 0 Å². The van der Waals surface area contributed by atoms with Gasteiger partial charge in [-0.05, 0) is 49.6 Å². The number of para-hydroxylation sites is 1. The molecule has 0 radical (unpaired) electrons. The first-order valence-corrected chi connectivity index (χ1v) is 9.71. The highest BCUT2D eigenvalue weighted by Gasteiger charge is 2.18. The van der Waals surface area contributed by atoms with Gasteiger partial charge in [0.05, 0.1) is 0 Å². The molecule has 0 aliphatic carbocycles. The lowest BCUT2D eigenvalue weighted by Gasteiger charge is -2.17. The second kappa shape index (κ2) is 9.90. The molecule has 0 aromatic heterocycles. The van der Waals surface area contributed by atoms with E-state index in [2.05, 4.69) is 5.32 Å². The number of hydrogen-bond acceptors (Lipinski definition) is 4. The zero-order chi connectivity index (χ0) is 19.8. The molecule has 1 saturated heterocycles. The monoisotopic (exact) mass is 381 g/mol. The Hall–Kier alpha value is -2.86. The van der Waals surface area contributed by atoms with Crippen molar-refractivity contribution in [3.05, 3.63) is 65.2 Å². The number of benzene rings is 2. The lowest BCUT2D eigenvalue weighted by molar-refractivity contribution is -0.132. The Morgan fingerprint density at radius 3 is 2.64 bits per heavy atom. The number of likely N-dealkylation sites (tertiary alicyclic amines) is 1. The van der Waals surface area contributed by atoms with Crippen molar-refractivity contribution >= 4 is 11.8 Å². The Bertz CT molecular complexity index is 816. The number of ether oxygens (including phenoxy) is 1. The van der Waals surface area contributed by atoms with Gasteiger partial charge >= 0.3 is 0 Å². The third-order valence-electron chi connectivity index (χ3n) is 4.90. The van der Waals surface area contributed by atoms with Crippen LogP contribution in [-0.2, 0) is 17.8 Å². The standard InChI is InChI=1S/C22H27N3O3/c23-22(27)18-8-5-6-17(14-18)10-11-24-15-19-7-1-2-9-20(19)28-16-21(26)25-12-3-4-13-25/h1-2,5-9,14,24H,3-4,10-13,15-16H2,(H2,23,27). The van der Waals surface area contributed by atoms with Crippen LogP contribution >= 0.6 is 0 Å². The predicted molar refractivity (Wildman–Crippen MR) is 108 cm³/mol. The molecule has 0 saturated carbocycles. The summed E-state index contributed by atoms with van der Waals surface area (Å²) in [5, 5.41) is 3.39. The van der Waals surface area contributed by atoms with E-state index in [-0.39, 0.29) is 12.5 Å². The third kappa shape index (κ3) is 5.57. The van der Waals surface area contributed by atoms with Crippen LogP contribution in [0.2, 0.25) is 0 Å². The number of amides is 2. The van der Waals surface area contributed by atoms with E-state index in [1.54, 1.807) is 6.07 Å². The summed E-state index contributed by atoms with van der Waals surface area (Å²) in [7, 11) is 0. The summed E-state index contributed by atoms with van der Waals surface area (Å²) < 4.78 is 5.79. The molecular weight excluding hydrogens is 354 g/mol. The van der Waals surface area contributed by atoms with Crippen LogP contribution in [0, 0.1) is 0 Å². The van der Waals surface area contributed by atoms with Crippen LogP contribution in [0.3, 0.4) is 0 Å². The van der Waals surface area contributed by atoms with Crippen molar-refractivity contribution in [2.75, 3.05) is 26.2 Å². The van der Waals surface area contributed by atoms with Gasteiger partial charge in [0.2, 0.25) is 5.91 Å². The molecule has 0 unspecified atom stereocenters. The number of carbonyl (C=O) groups is 2. The lowest BCUT2D eigenvalue weighted by Crippen LogP contribution is -2.32. The van der Waals surface area contributed by atoms with Gasteiger partial charge in [-0.25, -0.2) is 0 Å². The van der Waals surface area contributed by atoms with E-state index in [9.17, 15) is 9.59 Å². The van der Waals surface area contributed by atoms with E-state index >= 15 is 0 Å². The largest absolute Gasteiger partial charge is 0.483 e. The van der Waals surface area contributed by atoms with E-state index in [4.69, 9.17) is 10.5 Å². The summed E-state index contributed by atoms with van der Waals surface area (Å²) in [6.45, 7) is 3.15. The smallest absolute Gasteiger partial charge is 0.260 e. The first kappa shape index (κ1) is 19.9. The summed E-state index contributed by atoms with van der Waals surface area (Å²) in [5.41, 5.74) is 7.93. The van der Waals surface area contributed by atoms with Crippen LogP contribution in [-0.4, -0.2) is 43.0 Å². The highest BCUT2D eigenvalue weighted by Crippen LogP contribution is 2.18. The minimum Gasteiger partial charge on any atom is -0.483 e. The van der Waals surface area contributed by atoms with Crippen LogP contribution in [0.25, 0.3) is 0 Å². The first-order chi connectivity index (χ1) is 13.6. The van der Waals surface area contributed by atoms with Crippen molar-refractivity contribution in [2.45, 2.75) is 25.8 Å². The van der Waals surface area contributed by atoms with Crippen molar-refractivity contribution in [1.29, 1.82) is 0 Å². The average Bonchev–Trinajstić information content (AvgIpc) is 3.25.